The van der Waals surface area contributed by atoms with Crippen LogP contribution in [0.3, 0.4) is 0 Å². The molecule has 1 heterocycles. The maximum atomic E-state index is 12.6. The van der Waals surface area contributed by atoms with Gasteiger partial charge in [0.15, 0.2) is 5.17 Å². The fourth-order valence-corrected chi connectivity index (χ4v) is 4.22. The number of anilines is 1. The van der Waals surface area contributed by atoms with Crippen LogP contribution in [0, 0.1) is 20.8 Å². The third-order valence-electron chi connectivity index (χ3n) is 4.69. The molecule has 3 rings (SSSR count). The first-order valence-corrected chi connectivity index (χ1v) is 10.2. The Morgan fingerprint density at radius 1 is 1.14 bits per heavy atom. The topological polar surface area (TPSA) is 61.8 Å². The molecule has 5 nitrogen and oxygen atoms in total. The van der Waals surface area contributed by atoms with Gasteiger partial charge in [-0.05, 0) is 67.8 Å². The molecule has 1 N–H and O–H groups in total. The summed E-state index contributed by atoms with van der Waals surface area (Å²) in [4.78, 5) is 31.1. The Balaban J connectivity index is 1.69. The number of aryl methyl sites for hydroxylation is 3. The van der Waals surface area contributed by atoms with Crippen LogP contribution < -0.4 is 5.32 Å². The quantitative estimate of drug-likeness (QED) is 0.775. The number of amides is 2. The molecule has 1 fully saturated rings. The second kappa shape index (κ2) is 8.37. The summed E-state index contributed by atoms with van der Waals surface area (Å²) in [6, 6.07) is 11.2. The molecule has 1 atom stereocenters. The standard InChI is InChI=1S/C21H22ClN3O2S/c1-12-5-7-16(10-13(12)2)23-21-25(4)20(27)18(28-21)11-19(26)24-17-8-6-15(22)9-14(17)3/h5-10,18H,11H2,1-4H3,(H,24,26)/t18-/m1/s1. The van der Waals surface area contributed by atoms with Crippen LogP contribution in [0.2, 0.25) is 5.02 Å². The van der Waals surface area contributed by atoms with Crippen molar-refractivity contribution in [3.05, 3.63) is 58.1 Å². The number of carbonyl (C=O) groups is 2. The second-order valence-electron chi connectivity index (χ2n) is 6.88. The van der Waals surface area contributed by atoms with E-state index in [9.17, 15) is 9.59 Å². The maximum Gasteiger partial charge on any atom is 0.242 e. The molecule has 0 aromatic heterocycles. The van der Waals surface area contributed by atoms with E-state index >= 15 is 0 Å². The molecule has 1 aliphatic rings. The van der Waals surface area contributed by atoms with Crippen LogP contribution in [-0.4, -0.2) is 34.2 Å². The molecule has 0 saturated carbocycles. The summed E-state index contributed by atoms with van der Waals surface area (Å²) < 4.78 is 0. The number of aliphatic imine (C=N–C) groups is 1. The van der Waals surface area contributed by atoms with Crippen molar-refractivity contribution in [3.63, 3.8) is 0 Å². The molecule has 1 aliphatic heterocycles. The Hall–Kier alpha value is -2.31. The minimum Gasteiger partial charge on any atom is -0.326 e. The van der Waals surface area contributed by atoms with E-state index < -0.39 is 5.25 Å². The summed E-state index contributed by atoms with van der Waals surface area (Å²) in [7, 11) is 1.69. The molecular formula is C21H22ClN3O2S. The average molecular weight is 416 g/mol. The first-order valence-electron chi connectivity index (χ1n) is 8.91. The van der Waals surface area contributed by atoms with E-state index in [1.807, 2.05) is 39.0 Å². The van der Waals surface area contributed by atoms with Crippen LogP contribution in [0.15, 0.2) is 41.4 Å². The van der Waals surface area contributed by atoms with E-state index in [0.717, 1.165) is 16.8 Å². The molecular weight excluding hydrogens is 394 g/mol. The smallest absolute Gasteiger partial charge is 0.242 e. The zero-order valence-electron chi connectivity index (χ0n) is 16.2. The lowest BCUT2D eigenvalue weighted by Crippen LogP contribution is -2.30. The molecule has 0 spiro atoms. The summed E-state index contributed by atoms with van der Waals surface area (Å²) in [5.74, 6) is -0.326. The number of amidine groups is 1. The summed E-state index contributed by atoms with van der Waals surface area (Å²) in [5.41, 5.74) is 4.71. The molecule has 1 saturated heterocycles. The SMILES string of the molecule is Cc1ccc(N=C2S[C@H](CC(=O)Nc3ccc(Cl)cc3C)C(=O)N2C)cc1C. The molecule has 2 amide bonds. The van der Waals surface area contributed by atoms with Crippen molar-refractivity contribution < 1.29 is 9.59 Å². The highest BCUT2D eigenvalue weighted by molar-refractivity contribution is 8.15. The summed E-state index contributed by atoms with van der Waals surface area (Å²) in [5, 5.41) is 3.59. The number of thioether (sulfide) groups is 1. The van der Waals surface area contributed by atoms with Crippen molar-refractivity contribution in [3.8, 4) is 0 Å². The van der Waals surface area contributed by atoms with Crippen molar-refractivity contribution in [2.75, 3.05) is 12.4 Å². The van der Waals surface area contributed by atoms with Gasteiger partial charge in [0.2, 0.25) is 11.8 Å². The lowest BCUT2D eigenvalue weighted by Gasteiger charge is -2.11. The number of nitrogens with one attached hydrogen (secondary N) is 1. The minimum absolute atomic E-state index is 0.0852. The number of rotatable bonds is 4. The maximum absolute atomic E-state index is 12.6. The number of hydrogen-bond donors (Lipinski definition) is 1. The number of benzene rings is 2. The van der Waals surface area contributed by atoms with Crippen molar-refractivity contribution in [1.29, 1.82) is 0 Å². The van der Waals surface area contributed by atoms with Crippen molar-refractivity contribution >= 4 is 51.7 Å². The normalized spacial score (nSPS) is 18.0. The van der Waals surface area contributed by atoms with Gasteiger partial charge in [-0.3, -0.25) is 14.5 Å². The Bertz CT molecular complexity index is 974. The van der Waals surface area contributed by atoms with Crippen LogP contribution in [0.25, 0.3) is 0 Å². The van der Waals surface area contributed by atoms with Gasteiger partial charge in [-0.15, -0.1) is 0 Å². The van der Waals surface area contributed by atoms with Crippen molar-refractivity contribution in [2.45, 2.75) is 32.4 Å². The molecule has 0 bridgehead atoms. The molecule has 28 heavy (non-hydrogen) atoms. The predicted octanol–water partition coefficient (Wildman–Crippen LogP) is 4.86. The highest BCUT2D eigenvalue weighted by Gasteiger charge is 2.37. The third-order valence-corrected chi connectivity index (χ3v) is 6.15. The lowest BCUT2D eigenvalue weighted by molar-refractivity contribution is -0.127. The van der Waals surface area contributed by atoms with E-state index in [-0.39, 0.29) is 18.2 Å². The van der Waals surface area contributed by atoms with Gasteiger partial charge < -0.3 is 5.32 Å². The molecule has 0 radical (unpaired) electrons. The molecule has 2 aromatic carbocycles. The van der Waals surface area contributed by atoms with Gasteiger partial charge in [0.1, 0.15) is 5.25 Å². The van der Waals surface area contributed by atoms with Crippen LogP contribution in [0.4, 0.5) is 11.4 Å². The highest BCUT2D eigenvalue weighted by Crippen LogP contribution is 2.31. The van der Waals surface area contributed by atoms with Gasteiger partial charge in [-0.2, -0.15) is 0 Å². The van der Waals surface area contributed by atoms with Gasteiger partial charge in [0.25, 0.3) is 0 Å². The lowest BCUT2D eigenvalue weighted by atomic mass is 10.1. The zero-order valence-corrected chi connectivity index (χ0v) is 17.8. The van der Waals surface area contributed by atoms with Gasteiger partial charge in [0.05, 0.1) is 5.69 Å². The van der Waals surface area contributed by atoms with Gasteiger partial charge >= 0.3 is 0 Å². The van der Waals surface area contributed by atoms with Crippen molar-refractivity contribution in [1.82, 2.24) is 4.90 Å². The van der Waals surface area contributed by atoms with Gasteiger partial charge in [-0.1, -0.05) is 29.4 Å². The van der Waals surface area contributed by atoms with Gasteiger partial charge in [0, 0.05) is 24.2 Å². The van der Waals surface area contributed by atoms with Crippen LogP contribution in [0.5, 0.6) is 0 Å². The van der Waals surface area contributed by atoms with E-state index in [0.29, 0.717) is 15.9 Å². The molecule has 0 unspecified atom stereocenters. The zero-order chi connectivity index (χ0) is 20.4. The first-order chi connectivity index (χ1) is 13.2. The predicted molar refractivity (Wildman–Crippen MR) is 117 cm³/mol. The summed E-state index contributed by atoms with van der Waals surface area (Å²) in [6.45, 7) is 5.95. The monoisotopic (exact) mass is 415 g/mol. The Morgan fingerprint density at radius 3 is 2.57 bits per heavy atom. The number of halogens is 1. The Labute approximate surface area is 174 Å². The fourth-order valence-electron chi connectivity index (χ4n) is 2.84. The minimum atomic E-state index is -0.483. The van der Waals surface area contributed by atoms with E-state index in [1.165, 1.54) is 22.2 Å². The van der Waals surface area contributed by atoms with E-state index in [2.05, 4.69) is 10.3 Å². The summed E-state index contributed by atoms with van der Waals surface area (Å²) in [6.07, 6.45) is 0.0852. The highest BCUT2D eigenvalue weighted by atomic mass is 35.5. The average Bonchev–Trinajstić information content (AvgIpc) is 2.88. The van der Waals surface area contributed by atoms with Crippen LogP contribution >= 0.6 is 23.4 Å². The van der Waals surface area contributed by atoms with Crippen LogP contribution in [-0.2, 0) is 9.59 Å². The third kappa shape index (κ3) is 4.56. The number of carbonyl (C=O) groups excluding carboxylic acids is 2. The van der Waals surface area contributed by atoms with Gasteiger partial charge in [-0.25, -0.2) is 4.99 Å². The summed E-state index contributed by atoms with van der Waals surface area (Å²) >= 11 is 7.27. The fraction of sp³-hybridized carbons (Fsp3) is 0.286. The number of hydrogen-bond acceptors (Lipinski definition) is 4. The largest absolute Gasteiger partial charge is 0.326 e. The second-order valence-corrected chi connectivity index (χ2v) is 8.48. The van der Waals surface area contributed by atoms with E-state index in [1.54, 1.807) is 25.2 Å². The number of nitrogens with zero attached hydrogens (tertiary/aromatic N) is 2. The Kier molecular flexibility index (Phi) is 6.10. The molecule has 2 aromatic rings. The molecule has 7 heteroatoms. The van der Waals surface area contributed by atoms with Crippen LogP contribution in [0.1, 0.15) is 23.1 Å². The molecule has 146 valence electrons. The van der Waals surface area contributed by atoms with E-state index in [4.69, 9.17) is 11.6 Å². The Morgan fingerprint density at radius 2 is 1.89 bits per heavy atom. The first kappa shape index (κ1) is 20.4. The molecule has 0 aliphatic carbocycles. The van der Waals surface area contributed by atoms with Crippen molar-refractivity contribution in [2.24, 2.45) is 4.99 Å².